The highest BCUT2D eigenvalue weighted by atomic mass is 35.5. The minimum Gasteiger partial charge on any atom is -0.409 e. The number of benzene rings is 1. The van der Waals surface area contributed by atoms with Crippen molar-refractivity contribution in [3.8, 4) is 5.75 Å². The van der Waals surface area contributed by atoms with Crippen LogP contribution in [0, 0.1) is 0 Å². The Kier molecular flexibility index (Phi) is 3.38. The van der Waals surface area contributed by atoms with Gasteiger partial charge in [0.1, 0.15) is 5.75 Å². The molecule has 90 valence electrons. The fourth-order valence-electron chi connectivity index (χ4n) is 1.76. The van der Waals surface area contributed by atoms with Crippen LogP contribution in [0.2, 0.25) is 5.02 Å². The first-order valence-corrected chi connectivity index (χ1v) is 5.99. The van der Waals surface area contributed by atoms with Gasteiger partial charge in [-0.2, -0.15) is 0 Å². The molecule has 0 N–H and O–H groups in total. The topological polar surface area (TPSA) is 29.5 Å². The number of nitrogens with zero attached hydrogens (tertiary/aromatic N) is 1. The number of fused-ring (bicyclic) bond motifs is 1. The highest BCUT2D eigenvalue weighted by molar-refractivity contribution is 6.30. The highest BCUT2D eigenvalue weighted by Gasteiger charge is 2.27. The second-order valence-corrected chi connectivity index (χ2v) is 4.40. The molecule has 0 spiro atoms. The SMILES string of the molecule is C=C1c2cc(Cl)ccc2OC(=O)N1CCCC. The summed E-state index contributed by atoms with van der Waals surface area (Å²) in [5, 5.41) is 0.610. The van der Waals surface area contributed by atoms with E-state index in [0.29, 0.717) is 23.0 Å². The molecule has 0 aromatic heterocycles. The van der Waals surface area contributed by atoms with E-state index in [1.807, 2.05) is 0 Å². The van der Waals surface area contributed by atoms with Gasteiger partial charge in [-0.15, -0.1) is 0 Å². The third-order valence-corrected chi connectivity index (χ3v) is 2.97. The van der Waals surface area contributed by atoms with E-state index in [9.17, 15) is 4.79 Å². The Morgan fingerprint density at radius 2 is 2.24 bits per heavy atom. The molecule has 0 radical (unpaired) electrons. The maximum absolute atomic E-state index is 11.8. The number of hydrogen-bond acceptors (Lipinski definition) is 2. The maximum atomic E-state index is 11.8. The van der Waals surface area contributed by atoms with Gasteiger partial charge in [0.05, 0.1) is 5.70 Å². The fraction of sp³-hybridized carbons (Fsp3) is 0.308. The van der Waals surface area contributed by atoms with E-state index >= 15 is 0 Å². The third kappa shape index (κ3) is 2.29. The Bertz CT molecular complexity index is 470. The summed E-state index contributed by atoms with van der Waals surface area (Å²) < 4.78 is 5.23. The number of halogens is 1. The summed E-state index contributed by atoms with van der Waals surface area (Å²) >= 11 is 5.93. The molecule has 0 aliphatic carbocycles. The van der Waals surface area contributed by atoms with Gasteiger partial charge in [-0.3, -0.25) is 4.90 Å². The van der Waals surface area contributed by atoms with Crippen LogP contribution >= 0.6 is 11.6 Å². The Labute approximate surface area is 106 Å². The zero-order valence-electron chi connectivity index (χ0n) is 9.70. The number of hydrogen-bond donors (Lipinski definition) is 0. The molecule has 0 atom stereocenters. The summed E-state index contributed by atoms with van der Waals surface area (Å²) in [7, 11) is 0. The van der Waals surface area contributed by atoms with Gasteiger partial charge in [0.25, 0.3) is 0 Å². The first kappa shape index (κ1) is 12.0. The van der Waals surface area contributed by atoms with Gasteiger partial charge in [0.15, 0.2) is 0 Å². The van der Waals surface area contributed by atoms with Crippen LogP contribution in [0.15, 0.2) is 24.8 Å². The van der Waals surface area contributed by atoms with E-state index < -0.39 is 0 Å². The molecule has 3 nitrogen and oxygen atoms in total. The van der Waals surface area contributed by atoms with Crippen molar-refractivity contribution < 1.29 is 9.53 Å². The Hall–Kier alpha value is -1.48. The molecule has 1 amide bonds. The number of amides is 1. The van der Waals surface area contributed by atoms with Crippen LogP contribution < -0.4 is 4.74 Å². The Balaban J connectivity index is 2.32. The summed E-state index contributed by atoms with van der Waals surface area (Å²) in [4.78, 5) is 13.3. The summed E-state index contributed by atoms with van der Waals surface area (Å²) in [6.07, 6.45) is 1.57. The van der Waals surface area contributed by atoms with Crippen molar-refractivity contribution in [2.45, 2.75) is 19.8 Å². The van der Waals surface area contributed by atoms with E-state index in [4.69, 9.17) is 16.3 Å². The molecule has 1 heterocycles. The standard InChI is InChI=1S/C13H14ClNO2/c1-3-4-7-15-9(2)11-8-10(14)5-6-12(11)17-13(15)16/h5-6,8H,2-4,7H2,1H3. The monoisotopic (exact) mass is 251 g/mol. The van der Waals surface area contributed by atoms with Crippen molar-refractivity contribution in [1.82, 2.24) is 4.90 Å². The Morgan fingerprint density at radius 1 is 1.47 bits per heavy atom. The van der Waals surface area contributed by atoms with E-state index in [2.05, 4.69) is 13.5 Å². The summed E-state index contributed by atoms with van der Waals surface area (Å²) in [6.45, 7) is 6.65. The quantitative estimate of drug-likeness (QED) is 0.815. The molecule has 0 saturated heterocycles. The van der Waals surface area contributed by atoms with E-state index in [1.165, 1.54) is 0 Å². The van der Waals surface area contributed by atoms with Crippen LogP contribution in [0.4, 0.5) is 4.79 Å². The lowest BCUT2D eigenvalue weighted by Gasteiger charge is -2.29. The van der Waals surface area contributed by atoms with Crippen molar-refractivity contribution in [2.24, 2.45) is 0 Å². The molecular weight excluding hydrogens is 238 g/mol. The average Bonchev–Trinajstić information content (AvgIpc) is 2.30. The minimum absolute atomic E-state index is 0.363. The summed E-state index contributed by atoms with van der Waals surface area (Å²) in [5.41, 5.74) is 1.44. The smallest absolute Gasteiger partial charge is 0.409 e. The van der Waals surface area contributed by atoms with Crippen LogP contribution in [0.1, 0.15) is 25.3 Å². The Morgan fingerprint density at radius 3 is 2.94 bits per heavy atom. The second kappa shape index (κ2) is 4.80. The molecule has 1 aromatic carbocycles. The van der Waals surface area contributed by atoms with Crippen LogP contribution in [0.25, 0.3) is 5.70 Å². The molecule has 1 aliphatic rings. The number of carbonyl (C=O) groups excluding carboxylic acids is 1. The van der Waals surface area contributed by atoms with Gasteiger partial charge < -0.3 is 4.74 Å². The zero-order valence-corrected chi connectivity index (χ0v) is 10.5. The lowest BCUT2D eigenvalue weighted by molar-refractivity contribution is 0.168. The summed E-state index contributed by atoms with van der Waals surface area (Å²) in [6, 6.07) is 5.16. The van der Waals surface area contributed by atoms with Crippen molar-refractivity contribution in [3.05, 3.63) is 35.4 Å². The van der Waals surface area contributed by atoms with Crippen molar-refractivity contribution in [1.29, 1.82) is 0 Å². The highest BCUT2D eigenvalue weighted by Crippen LogP contribution is 2.34. The number of carbonyl (C=O) groups is 1. The lowest BCUT2D eigenvalue weighted by Crippen LogP contribution is -2.36. The molecule has 17 heavy (non-hydrogen) atoms. The number of rotatable bonds is 3. The molecule has 0 bridgehead atoms. The van der Waals surface area contributed by atoms with E-state index in [0.717, 1.165) is 18.4 Å². The van der Waals surface area contributed by atoms with Crippen LogP contribution in [0.3, 0.4) is 0 Å². The molecular formula is C13H14ClNO2. The molecule has 1 aliphatic heterocycles. The second-order valence-electron chi connectivity index (χ2n) is 3.96. The van der Waals surface area contributed by atoms with Crippen LogP contribution in [-0.4, -0.2) is 17.5 Å². The maximum Gasteiger partial charge on any atom is 0.419 e. The summed E-state index contributed by atoms with van der Waals surface area (Å²) in [5.74, 6) is 0.525. The van der Waals surface area contributed by atoms with Crippen LogP contribution in [0.5, 0.6) is 5.75 Å². The number of ether oxygens (including phenoxy) is 1. The molecule has 1 aromatic rings. The van der Waals surface area contributed by atoms with Gasteiger partial charge in [0, 0.05) is 17.1 Å². The minimum atomic E-state index is -0.363. The predicted molar refractivity (Wildman–Crippen MR) is 68.1 cm³/mol. The van der Waals surface area contributed by atoms with Gasteiger partial charge in [-0.25, -0.2) is 4.79 Å². The van der Waals surface area contributed by atoms with Gasteiger partial charge >= 0.3 is 6.09 Å². The van der Waals surface area contributed by atoms with Gasteiger partial charge in [-0.1, -0.05) is 31.5 Å². The molecule has 2 rings (SSSR count). The first-order valence-electron chi connectivity index (χ1n) is 5.61. The van der Waals surface area contributed by atoms with E-state index in [-0.39, 0.29) is 6.09 Å². The molecule has 0 saturated carbocycles. The fourth-order valence-corrected chi connectivity index (χ4v) is 1.94. The largest absolute Gasteiger partial charge is 0.419 e. The lowest BCUT2D eigenvalue weighted by atomic mass is 10.1. The van der Waals surface area contributed by atoms with Gasteiger partial charge in [-0.05, 0) is 24.6 Å². The van der Waals surface area contributed by atoms with Crippen LogP contribution in [-0.2, 0) is 0 Å². The normalized spacial score (nSPS) is 14.6. The molecule has 4 heteroatoms. The first-order chi connectivity index (χ1) is 8.13. The number of unbranched alkanes of at least 4 members (excludes halogenated alkanes) is 1. The van der Waals surface area contributed by atoms with Crippen molar-refractivity contribution in [3.63, 3.8) is 0 Å². The molecule has 0 unspecified atom stereocenters. The van der Waals surface area contributed by atoms with Crippen molar-refractivity contribution >= 4 is 23.4 Å². The van der Waals surface area contributed by atoms with Crippen molar-refractivity contribution in [2.75, 3.05) is 6.54 Å². The van der Waals surface area contributed by atoms with E-state index in [1.54, 1.807) is 23.1 Å². The van der Waals surface area contributed by atoms with Gasteiger partial charge in [0.2, 0.25) is 0 Å². The third-order valence-electron chi connectivity index (χ3n) is 2.73. The average molecular weight is 252 g/mol. The molecule has 0 fully saturated rings. The predicted octanol–water partition coefficient (Wildman–Crippen LogP) is 3.93. The zero-order chi connectivity index (χ0) is 12.4.